The van der Waals surface area contributed by atoms with E-state index in [1.54, 1.807) is 14.2 Å². The molecule has 0 saturated carbocycles. The smallest absolute Gasteiger partial charge is 0.320 e. The molecule has 0 amide bonds. The molecule has 0 fully saturated rings. The molecule has 114 valence electrons. The normalized spacial score (nSPS) is 12.8. The zero-order valence-corrected chi connectivity index (χ0v) is 12.4. The highest BCUT2D eigenvalue weighted by Gasteiger charge is 2.17. The highest BCUT2D eigenvalue weighted by Crippen LogP contribution is 1.99. The molecular weight excluding hydrogens is 248 g/mol. The number of likely N-dealkylation sites (N-methyl/N-ethyl adjacent to an activating group) is 1. The van der Waals surface area contributed by atoms with E-state index in [-0.39, 0.29) is 0 Å². The highest BCUT2D eigenvalue weighted by atomic mass is 16.5. The number of carbonyl (C=O) groups is 1. The number of hydrogen-bond donors (Lipinski definition) is 2. The quantitative estimate of drug-likeness (QED) is 0.475. The zero-order chi connectivity index (χ0) is 14.5. The fourth-order valence-corrected chi connectivity index (χ4v) is 1.86. The second kappa shape index (κ2) is 12.3. The Hall–Kier alpha value is -0.690. The Morgan fingerprint density at radius 1 is 1.21 bits per heavy atom. The summed E-state index contributed by atoms with van der Waals surface area (Å²) in [5.41, 5.74) is 0. The van der Waals surface area contributed by atoms with Crippen LogP contribution in [0, 0.1) is 0 Å². The minimum Gasteiger partial charge on any atom is -0.480 e. The SMILES string of the molecule is CCNC(CCN(CCCOC)CCOC)C(=O)O. The van der Waals surface area contributed by atoms with Gasteiger partial charge in [0.1, 0.15) is 6.04 Å². The molecule has 0 aromatic carbocycles. The van der Waals surface area contributed by atoms with Crippen LogP contribution in [0.25, 0.3) is 0 Å². The summed E-state index contributed by atoms with van der Waals surface area (Å²) in [4.78, 5) is 13.3. The summed E-state index contributed by atoms with van der Waals surface area (Å²) < 4.78 is 10.1. The van der Waals surface area contributed by atoms with Crippen molar-refractivity contribution >= 4 is 5.97 Å². The minimum absolute atomic E-state index is 0.475. The van der Waals surface area contributed by atoms with Crippen molar-refractivity contribution in [3.63, 3.8) is 0 Å². The largest absolute Gasteiger partial charge is 0.480 e. The van der Waals surface area contributed by atoms with Crippen molar-refractivity contribution < 1.29 is 19.4 Å². The first-order chi connectivity index (χ1) is 9.15. The molecular formula is C13H28N2O4. The van der Waals surface area contributed by atoms with Gasteiger partial charge in [-0.15, -0.1) is 0 Å². The van der Waals surface area contributed by atoms with E-state index in [0.717, 1.165) is 32.7 Å². The van der Waals surface area contributed by atoms with Gasteiger partial charge in [0.15, 0.2) is 0 Å². The van der Waals surface area contributed by atoms with Crippen LogP contribution in [0.5, 0.6) is 0 Å². The maximum absolute atomic E-state index is 11.1. The highest BCUT2D eigenvalue weighted by molar-refractivity contribution is 5.73. The summed E-state index contributed by atoms with van der Waals surface area (Å²) in [6.07, 6.45) is 1.54. The number of carboxylic acids is 1. The molecule has 1 atom stereocenters. The minimum atomic E-state index is -0.787. The standard InChI is InChI=1S/C13H28N2O4/c1-4-14-12(13(16)17)6-8-15(9-11-19-3)7-5-10-18-2/h12,14H,4-11H2,1-3H3,(H,16,17). The number of hydrogen-bond acceptors (Lipinski definition) is 5. The summed E-state index contributed by atoms with van der Waals surface area (Å²) in [5, 5.41) is 12.1. The molecule has 0 aliphatic carbocycles. The molecule has 19 heavy (non-hydrogen) atoms. The van der Waals surface area contributed by atoms with Crippen LogP contribution in [-0.2, 0) is 14.3 Å². The molecule has 0 saturated heterocycles. The van der Waals surface area contributed by atoms with E-state index in [1.165, 1.54) is 0 Å². The molecule has 1 unspecified atom stereocenters. The average molecular weight is 276 g/mol. The van der Waals surface area contributed by atoms with Crippen LogP contribution in [0.2, 0.25) is 0 Å². The van der Waals surface area contributed by atoms with Gasteiger partial charge < -0.3 is 24.8 Å². The third-order valence-electron chi connectivity index (χ3n) is 2.92. The van der Waals surface area contributed by atoms with Crippen LogP contribution in [-0.4, -0.2) is 75.6 Å². The van der Waals surface area contributed by atoms with Crippen molar-refractivity contribution in [3.8, 4) is 0 Å². The van der Waals surface area contributed by atoms with Gasteiger partial charge in [-0.1, -0.05) is 6.92 Å². The van der Waals surface area contributed by atoms with Crippen molar-refractivity contribution in [1.82, 2.24) is 10.2 Å². The average Bonchev–Trinajstić information content (AvgIpc) is 2.39. The maximum Gasteiger partial charge on any atom is 0.320 e. The Morgan fingerprint density at radius 2 is 1.89 bits per heavy atom. The van der Waals surface area contributed by atoms with E-state index in [4.69, 9.17) is 14.6 Å². The van der Waals surface area contributed by atoms with Gasteiger partial charge in [0, 0.05) is 40.5 Å². The molecule has 0 aliphatic heterocycles. The number of ether oxygens (including phenoxy) is 2. The van der Waals surface area contributed by atoms with Crippen molar-refractivity contribution in [3.05, 3.63) is 0 Å². The van der Waals surface area contributed by atoms with Crippen molar-refractivity contribution in [2.75, 3.05) is 53.6 Å². The zero-order valence-electron chi connectivity index (χ0n) is 12.4. The second-order valence-corrected chi connectivity index (χ2v) is 4.42. The predicted molar refractivity (Wildman–Crippen MR) is 74.5 cm³/mol. The molecule has 0 spiro atoms. The topological polar surface area (TPSA) is 71.0 Å². The Kier molecular flexibility index (Phi) is 11.9. The van der Waals surface area contributed by atoms with Gasteiger partial charge in [-0.2, -0.15) is 0 Å². The number of aliphatic carboxylic acids is 1. The Morgan fingerprint density at radius 3 is 2.42 bits per heavy atom. The van der Waals surface area contributed by atoms with Gasteiger partial charge in [-0.25, -0.2) is 0 Å². The molecule has 6 heteroatoms. The summed E-state index contributed by atoms with van der Waals surface area (Å²) in [6.45, 7) is 6.42. The first-order valence-electron chi connectivity index (χ1n) is 6.82. The molecule has 0 aliphatic rings. The number of nitrogens with zero attached hydrogens (tertiary/aromatic N) is 1. The lowest BCUT2D eigenvalue weighted by Gasteiger charge is -2.23. The van der Waals surface area contributed by atoms with Crippen LogP contribution >= 0.6 is 0 Å². The maximum atomic E-state index is 11.1. The van der Waals surface area contributed by atoms with E-state index >= 15 is 0 Å². The fourth-order valence-electron chi connectivity index (χ4n) is 1.86. The molecule has 6 nitrogen and oxygen atoms in total. The lowest BCUT2D eigenvalue weighted by atomic mass is 10.2. The van der Waals surface area contributed by atoms with Gasteiger partial charge in [0.05, 0.1) is 6.61 Å². The summed E-state index contributed by atoms with van der Waals surface area (Å²) in [6, 6.07) is -0.475. The number of carboxylic acid groups (broad SMARTS) is 1. The monoisotopic (exact) mass is 276 g/mol. The lowest BCUT2D eigenvalue weighted by molar-refractivity contribution is -0.139. The summed E-state index contributed by atoms with van der Waals surface area (Å²) in [5.74, 6) is -0.787. The Bertz CT molecular complexity index is 227. The van der Waals surface area contributed by atoms with Crippen LogP contribution in [0.15, 0.2) is 0 Å². The van der Waals surface area contributed by atoms with Crippen LogP contribution in [0.4, 0.5) is 0 Å². The van der Waals surface area contributed by atoms with E-state index in [1.807, 2.05) is 6.92 Å². The second-order valence-electron chi connectivity index (χ2n) is 4.42. The summed E-state index contributed by atoms with van der Waals surface area (Å²) in [7, 11) is 3.36. The third-order valence-corrected chi connectivity index (χ3v) is 2.92. The first kappa shape index (κ1) is 18.3. The van der Waals surface area contributed by atoms with Gasteiger partial charge >= 0.3 is 5.97 Å². The van der Waals surface area contributed by atoms with Crippen LogP contribution < -0.4 is 5.32 Å². The fraction of sp³-hybridized carbons (Fsp3) is 0.923. The molecule has 0 rings (SSSR count). The van der Waals surface area contributed by atoms with E-state index in [2.05, 4.69) is 10.2 Å². The molecule has 2 N–H and O–H groups in total. The third kappa shape index (κ3) is 9.84. The first-order valence-corrected chi connectivity index (χ1v) is 6.82. The molecule has 0 aromatic rings. The summed E-state index contributed by atoms with van der Waals surface area (Å²) >= 11 is 0. The van der Waals surface area contributed by atoms with Gasteiger partial charge in [0.25, 0.3) is 0 Å². The van der Waals surface area contributed by atoms with Gasteiger partial charge in [0.2, 0.25) is 0 Å². The van der Waals surface area contributed by atoms with Gasteiger partial charge in [-0.3, -0.25) is 4.79 Å². The number of rotatable bonds is 13. The van der Waals surface area contributed by atoms with Crippen molar-refractivity contribution in [2.24, 2.45) is 0 Å². The molecule has 0 heterocycles. The van der Waals surface area contributed by atoms with E-state index in [0.29, 0.717) is 19.6 Å². The van der Waals surface area contributed by atoms with Crippen molar-refractivity contribution in [1.29, 1.82) is 0 Å². The van der Waals surface area contributed by atoms with Crippen LogP contribution in [0.3, 0.4) is 0 Å². The predicted octanol–water partition coefficient (Wildman–Crippen LogP) is 0.424. The number of nitrogens with one attached hydrogen (secondary N) is 1. The molecule has 0 radical (unpaired) electrons. The van der Waals surface area contributed by atoms with E-state index < -0.39 is 12.0 Å². The van der Waals surface area contributed by atoms with Crippen LogP contribution in [0.1, 0.15) is 19.8 Å². The number of methoxy groups -OCH3 is 2. The lowest BCUT2D eigenvalue weighted by Crippen LogP contribution is -2.40. The molecule has 0 aromatic heterocycles. The van der Waals surface area contributed by atoms with Crippen molar-refractivity contribution in [2.45, 2.75) is 25.8 Å². The Labute approximate surface area is 116 Å². The Balaban J connectivity index is 4.08. The molecule has 0 bridgehead atoms. The van der Waals surface area contributed by atoms with Gasteiger partial charge in [-0.05, 0) is 19.4 Å². The van der Waals surface area contributed by atoms with E-state index in [9.17, 15) is 4.79 Å².